The summed E-state index contributed by atoms with van der Waals surface area (Å²) >= 11 is 0. The van der Waals surface area contributed by atoms with Gasteiger partial charge in [0, 0.05) is 6.20 Å². The number of sulfonamides is 1. The topological polar surface area (TPSA) is 112 Å². The van der Waals surface area contributed by atoms with Gasteiger partial charge in [0.25, 0.3) is 0 Å². The van der Waals surface area contributed by atoms with Crippen LogP contribution in [0.25, 0.3) is 0 Å². The Labute approximate surface area is 99.3 Å². The molecule has 0 aliphatic rings. The van der Waals surface area contributed by atoms with E-state index in [9.17, 15) is 13.2 Å². The quantitative estimate of drug-likeness (QED) is 0.716. The predicted octanol–water partition coefficient (Wildman–Crippen LogP) is 0.187. The first-order valence-electron chi connectivity index (χ1n) is 4.88. The predicted molar refractivity (Wildman–Crippen MR) is 59.8 cm³/mol. The summed E-state index contributed by atoms with van der Waals surface area (Å²) in [5.41, 5.74) is -0.733. The molecule has 0 aromatic carbocycles. The van der Waals surface area contributed by atoms with Crippen molar-refractivity contribution in [2.24, 2.45) is 5.41 Å². The fourth-order valence-electron chi connectivity index (χ4n) is 1.21. The summed E-state index contributed by atoms with van der Waals surface area (Å²) < 4.78 is 25.8. The van der Waals surface area contributed by atoms with Crippen LogP contribution in [0.15, 0.2) is 17.3 Å². The van der Waals surface area contributed by atoms with E-state index in [4.69, 9.17) is 5.11 Å². The molecule has 0 aliphatic carbocycles. The van der Waals surface area contributed by atoms with E-state index in [0.29, 0.717) is 0 Å². The minimum atomic E-state index is -3.87. The Bertz CT molecular complexity index is 487. The molecule has 17 heavy (non-hydrogen) atoms. The fraction of sp³-hybridized carbons (Fsp3) is 0.556. The summed E-state index contributed by atoms with van der Waals surface area (Å²) in [7, 11) is -3.87. The molecule has 0 saturated heterocycles. The van der Waals surface area contributed by atoms with Crippen molar-refractivity contribution in [3.8, 4) is 0 Å². The molecule has 3 N–H and O–H groups in total. The molecule has 0 spiro atoms. The lowest BCUT2D eigenvalue weighted by molar-refractivity contribution is -0.141. The Balaban J connectivity index is 3.01. The molecule has 1 rings (SSSR count). The highest BCUT2D eigenvalue weighted by Crippen LogP contribution is 2.21. The van der Waals surface area contributed by atoms with Gasteiger partial charge in [0.1, 0.15) is 10.9 Å². The second-order valence-electron chi connectivity index (χ2n) is 4.69. The normalized spacial score (nSPS) is 14.5. The van der Waals surface area contributed by atoms with Crippen LogP contribution in [-0.4, -0.2) is 35.7 Å². The standard InChI is InChI=1S/C9H15N3O4S/c1-9(2,3)7(8(13)14)12-17(15,16)6-4-10-11-5-6/h4-5,7,12H,1-3H3,(H,10,11)(H,13,14)/t7-/m1/s1. The first kappa shape index (κ1) is 13.7. The van der Waals surface area contributed by atoms with Gasteiger partial charge in [-0.3, -0.25) is 9.89 Å². The summed E-state index contributed by atoms with van der Waals surface area (Å²) in [6.45, 7) is 4.93. The zero-order chi connectivity index (χ0) is 13.3. The van der Waals surface area contributed by atoms with Crippen LogP contribution in [-0.2, 0) is 14.8 Å². The van der Waals surface area contributed by atoms with E-state index in [-0.39, 0.29) is 4.90 Å². The third-order valence-corrected chi connectivity index (χ3v) is 3.56. The molecule has 1 aromatic rings. The summed E-state index contributed by atoms with van der Waals surface area (Å²) in [6, 6.07) is -1.21. The number of hydrogen-bond donors (Lipinski definition) is 3. The number of carboxylic acid groups (broad SMARTS) is 1. The molecule has 0 aliphatic heterocycles. The van der Waals surface area contributed by atoms with Crippen LogP contribution < -0.4 is 4.72 Å². The average Bonchev–Trinajstić information content (AvgIpc) is 2.65. The van der Waals surface area contributed by atoms with Gasteiger partial charge in [-0.15, -0.1) is 0 Å². The molecule has 8 heteroatoms. The van der Waals surface area contributed by atoms with Gasteiger partial charge in [-0.2, -0.15) is 9.82 Å². The molecule has 1 aromatic heterocycles. The number of aromatic nitrogens is 2. The van der Waals surface area contributed by atoms with Crippen molar-refractivity contribution in [1.82, 2.24) is 14.9 Å². The lowest BCUT2D eigenvalue weighted by atomic mass is 9.88. The van der Waals surface area contributed by atoms with Gasteiger partial charge in [-0.05, 0) is 5.41 Å². The van der Waals surface area contributed by atoms with Gasteiger partial charge in [0.05, 0.1) is 6.20 Å². The monoisotopic (exact) mass is 261 g/mol. The molecule has 0 amide bonds. The first-order chi connectivity index (χ1) is 7.64. The van der Waals surface area contributed by atoms with E-state index in [1.165, 1.54) is 6.20 Å². The van der Waals surface area contributed by atoms with Gasteiger partial charge in [0.2, 0.25) is 10.0 Å². The van der Waals surface area contributed by atoms with E-state index >= 15 is 0 Å². The SMILES string of the molecule is CC(C)(C)[C@H](NS(=O)(=O)c1cn[nH]c1)C(=O)O. The van der Waals surface area contributed by atoms with E-state index in [1.807, 2.05) is 0 Å². The van der Waals surface area contributed by atoms with Crippen LogP contribution in [0.4, 0.5) is 0 Å². The van der Waals surface area contributed by atoms with E-state index in [1.54, 1.807) is 20.8 Å². The van der Waals surface area contributed by atoms with Crippen LogP contribution in [0.3, 0.4) is 0 Å². The van der Waals surface area contributed by atoms with Crippen molar-refractivity contribution in [2.45, 2.75) is 31.7 Å². The van der Waals surface area contributed by atoms with Gasteiger partial charge >= 0.3 is 5.97 Å². The van der Waals surface area contributed by atoms with Gasteiger partial charge in [0.15, 0.2) is 0 Å². The lowest BCUT2D eigenvalue weighted by Crippen LogP contribution is -2.48. The number of H-pyrrole nitrogens is 1. The Hall–Kier alpha value is -1.41. The molecule has 0 radical (unpaired) electrons. The minimum Gasteiger partial charge on any atom is -0.480 e. The van der Waals surface area contributed by atoms with Crippen LogP contribution in [0.2, 0.25) is 0 Å². The molecular formula is C9H15N3O4S. The number of rotatable bonds is 4. The molecule has 0 bridgehead atoms. The molecule has 1 heterocycles. The highest BCUT2D eigenvalue weighted by Gasteiger charge is 2.35. The average molecular weight is 261 g/mol. The number of carboxylic acids is 1. The minimum absolute atomic E-state index is 0.0898. The van der Waals surface area contributed by atoms with Gasteiger partial charge in [-0.1, -0.05) is 20.8 Å². The van der Waals surface area contributed by atoms with Crippen LogP contribution in [0.5, 0.6) is 0 Å². The van der Waals surface area contributed by atoms with Crippen molar-refractivity contribution >= 4 is 16.0 Å². The van der Waals surface area contributed by atoms with Crippen LogP contribution >= 0.6 is 0 Å². The van der Waals surface area contributed by atoms with Crippen LogP contribution in [0.1, 0.15) is 20.8 Å². The molecular weight excluding hydrogens is 246 g/mol. The zero-order valence-corrected chi connectivity index (χ0v) is 10.6. The van der Waals surface area contributed by atoms with E-state index < -0.39 is 27.4 Å². The van der Waals surface area contributed by atoms with Crippen molar-refractivity contribution < 1.29 is 18.3 Å². The maximum absolute atomic E-state index is 11.8. The summed E-state index contributed by atoms with van der Waals surface area (Å²) in [6.07, 6.45) is 2.30. The number of aliphatic carboxylic acids is 1. The Morgan fingerprint density at radius 2 is 2.12 bits per heavy atom. The second kappa shape index (κ2) is 4.46. The van der Waals surface area contributed by atoms with E-state index in [2.05, 4.69) is 14.9 Å². The fourth-order valence-corrected chi connectivity index (χ4v) is 2.51. The smallest absolute Gasteiger partial charge is 0.322 e. The third kappa shape index (κ3) is 3.27. The largest absolute Gasteiger partial charge is 0.480 e. The number of aromatic amines is 1. The number of carbonyl (C=O) groups is 1. The van der Waals surface area contributed by atoms with Gasteiger partial charge < -0.3 is 5.11 Å². The number of nitrogens with zero attached hydrogens (tertiary/aromatic N) is 1. The third-order valence-electron chi connectivity index (χ3n) is 2.17. The van der Waals surface area contributed by atoms with Gasteiger partial charge in [-0.25, -0.2) is 8.42 Å². The Morgan fingerprint density at radius 1 is 1.53 bits per heavy atom. The highest BCUT2D eigenvalue weighted by molar-refractivity contribution is 7.89. The zero-order valence-electron chi connectivity index (χ0n) is 9.76. The molecule has 7 nitrogen and oxygen atoms in total. The van der Waals surface area contributed by atoms with Crippen molar-refractivity contribution in [1.29, 1.82) is 0 Å². The number of nitrogens with one attached hydrogen (secondary N) is 2. The second-order valence-corrected chi connectivity index (χ2v) is 6.41. The maximum atomic E-state index is 11.8. The highest BCUT2D eigenvalue weighted by atomic mass is 32.2. The lowest BCUT2D eigenvalue weighted by Gasteiger charge is -2.27. The molecule has 0 fully saturated rings. The molecule has 0 unspecified atom stereocenters. The van der Waals surface area contributed by atoms with Crippen molar-refractivity contribution in [3.63, 3.8) is 0 Å². The first-order valence-corrected chi connectivity index (χ1v) is 6.37. The molecule has 0 saturated carbocycles. The molecule has 1 atom stereocenters. The van der Waals surface area contributed by atoms with Crippen LogP contribution in [0, 0.1) is 5.41 Å². The summed E-state index contributed by atoms with van der Waals surface area (Å²) in [4.78, 5) is 11.0. The summed E-state index contributed by atoms with van der Waals surface area (Å²) in [5, 5.41) is 14.9. The Kier molecular flexibility index (Phi) is 3.58. The van der Waals surface area contributed by atoms with Crippen molar-refractivity contribution in [2.75, 3.05) is 0 Å². The summed E-state index contributed by atoms with van der Waals surface area (Å²) in [5.74, 6) is -1.22. The number of hydrogen-bond acceptors (Lipinski definition) is 4. The van der Waals surface area contributed by atoms with Crippen molar-refractivity contribution in [3.05, 3.63) is 12.4 Å². The van der Waals surface area contributed by atoms with E-state index in [0.717, 1.165) is 6.20 Å². The molecule has 96 valence electrons. The Morgan fingerprint density at radius 3 is 2.47 bits per heavy atom. The maximum Gasteiger partial charge on any atom is 0.322 e.